The Bertz CT molecular complexity index is 388. The average Bonchev–Trinajstić information content (AvgIpc) is 2.15. The molecule has 0 radical (unpaired) electrons. The van der Waals surface area contributed by atoms with E-state index >= 15 is 0 Å². The summed E-state index contributed by atoms with van der Waals surface area (Å²) in [5.41, 5.74) is 0.294. The fourth-order valence-electron chi connectivity index (χ4n) is 1.07. The van der Waals surface area contributed by atoms with Crippen LogP contribution in [0.5, 0.6) is 0 Å². The third-order valence-corrected chi connectivity index (χ3v) is 1.62. The molecule has 1 aromatic rings. The van der Waals surface area contributed by atoms with Crippen molar-refractivity contribution in [1.82, 2.24) is 0 Å². The summed E-state index contributed by atoms with van der Waals surface area (Å²) >= 11 is 0. The van der Waals surface area contributed by atoms with Gasteiger partial charge in [-0.25, -0.2) is 0 Å². The smallest absolute Gasteiger partial charge is 0.305 e. The molecule has 0 unspecified atom stereocenters. The summed E-state index contributed by atoms with van der Waals surface area (Å²) in [5, 5.41) is 11.0. The van der Waals surface area contributed by atoms with Crippen LogP contribution in [0, 0.1) is 5.21 Å². The summed E-state index contributed by atoms with van der Waals surface area (Å²) in [6.45, 7) is 2.37. The van der Waals surface area contributed by atoms with Crippen LogP contribution in [0.4, 0.5) is 0 Å². The van der Waals surface area contributed by atoms with Crippen LogP contribution in [0.15, 0.2) is 24.5 Å². The zero-order valence-corrected chi connectivity index (χ0v) is 8.88. The van der Waals surface area contributed by atoms with Gasteiger partial charge in [-0.1, -0.05) is 0 Å². The molecule has 0 spiro atoms. The number of hydrogen-bond donors (Lipinski definition) is 0. The van der Waals surface area contributed by atoms with E-state index in [-0.39, 0.29) is 0 Å². The number of carbonyl (C=O) groups excluding carboxylic acids is 2. The summed E-state index contributed by atoms with van der Waals surface area (Å²) < 4.78 is 10.1. The SMILES string of the molecule is CC(=O)OC(OC(C)=O)c1ccc[n+]([O-])c1. The third kappa shape index (κ3) is 3.56. The van der Waals surface area contributed by atoms with Crippen LogP contribution in [0.3, 0.4) is 0 Å². The van der Waals surface area contributed by atoms with Gasteiger partial charge < -0.3 is 14.7 Å². The lowest BCUT2D eigenvalue weighted by Gasteiger charge is -2.15. The molecule has 0 saturated carbocycles. The Hall–Kier alpha value is -2.11. The highest BCUT2D eigenvalue weighted by Gasteiger charge is 2.19. The van der Waals surface area contributed by atoms with Crippen LogP contribution in [0.2, 0.25) is 0 Å². The number of carbonyl (C=O) groups is 2. The molecule has 0 fully saturated rings. The molecule has 0 atom stereocenters. The van der Waals surface area contributed by atoms with E-state index in [4.69, 9.17) is 9.47 Å². The van der Waals surface area contributed by atoms with Crippen molar-refractivity contribution in [1.29, 1.82) is 0 Å². The van der Waals surface area contributed by atoms with Gasteiger partial charge in [0.15, 0.2) is 12.4 Å². The van der Waals surface area contributed by atoms with E-state index in [0.29, 0.717) is 10.3 Å². The van der Waals surface area contributed by atoms with Crippen LogP contribution in [-0.4, -0.2) is 11.9 Å². The van der Waals surface area contributed by atoms with Crippen LogP contribution in [-0.2, 0) is 19.1 Å². The largest absolute Gasteiger partial charge is 0.619 e. The van der Waals surface area contributed by atoms with Gasteiger partial charge in [-0.05, 0) is 6.07 Å². The van der Waals surface area contributed by atoms with E-state index in [1.54, 1.807) is 0 Å². The van der Waals surface area contributed by atoms with E-state index in [9.17, 15) is 14.8 Å². The molecular formula is C10H11NO5. The maximum Gasteiger partial charge on any atom is 0.305 e. The van der Waals surface area contributed by atoms with Crippen LogP contribution < -0.4 is 4.73 Å². The van der Waals surface area contributed by atoms with Crippen molar-refractivity contribution in [3.05, 3.63) is 35.3 Å². The van der Waals surface area contributed by atoms with Crippen molar-refractivity contribution in [2.45, 2.75) is 20.1 Å². The summed E-state index contributed by atoms with van der Waals surface area (Å²) in [6, 6.07) is 2.98. The second-order valence-electron chi connectivity index (χ2n) is 3.05. The molecule has 0 aliphatic carbocycles. The van der Waals surface area contributed by atoms with E-state index < -0.39 is 18.2 Å². The van der Waals surface area contributed by atoms with Gasteiger partial charge in [0.1, 0.15) is 0 Å². The lowest BCUT2D eigenvalue weighted by molar-refractivity contribution is -0.606. The monoisotopic (exact) mass is 225 g/mol. The van der Waals surface area contributed by atoms with Crippen molar-refractivity contribution in [3.63, 3.8) is 0 Å². The molecule has 86 valence electrons. The Labute approximate surface area is 92.0 Å². The normalized spacial score (nSPS) is 9.94. The topological polar surface area (TPSA) is 79.5 Å². The zero-order valence-electron chi connectivity index (χ0n) is 8.88. The van der Waals surface area contributed by atoms with Gasteiger partial charge in [0.05, 0.1) is 5.56 Å². The summed E-state index contributed by atoms with van der Waals surface area (Å²) in [7, 11) is 0. The second kappa shape index (κ2) is 5.11. The van der Waals surface area contributed by atoms with Gasteiger partial charge in [0.2, 0.25) is 0 Å². The molecule has 0 amide bonds. The van der Waals surface area contributed by atoms with Crippen molar-refractivity contribution in [3.8, 4) is 0 Å². The highest BCUT2D eigenvalue weighted by Crippen LogP contribution is 2.17. The van der Waals surface area contributed by atoms with E-state index in [0.717, 1.165) is 6.20 Å². The zero-order chi connectivity index (χ0) is 12.1. The van der Waals surface area contributed by atoms with Gasteiger partial charge in [-0.2, -0.15) is 4.73 Å². The maximum atomic E-state index is 11.0. The molecule has 0 aromatic carbocycles. The first-order chi connectivity index (χ1) is 7.49. The molecule has 16 heavy (non-hydrogen) atoms. The van der Waals surface area contributed by atoms with Crippen molar-refractivity contribution in [2.24, 2.45) is 0 Å². The first-order valence-corrected chi connectivity index (χ1v) is 4.52. The second-order valence-corrected chi connectivity index (χ2v) is 3.05. The lowest BCUT2D eigenvalue weighted by atomic mass is 10.3. The fourth-order valence-corrected chi connectivity index (χ4v) is 1.07. The fraction of sp³-hybridized carbons (Fsp3) is 0.300. The van der Waals surface area contributed by atoms with Crippen molar-refractivity contribution < 1.29 is 23.8 Å². The minimum absolute atomic E-state index is 0.294. The number of nitrogens with zero attached hydrogens (tertiary/aromatic N) is 1. The Morgan fingerprint density at radius 2 is 1.88 bits per heavy atom. The summed E-state index contributed by atoms with van der Waals surface area (Å²) in [5.74, 6) is -1.21. The predicted octanol–water partition coefficient (Wildman–Crippen LogP) is 0.445. The number of ether oxygens (including phenoxy) is 2. The molecule has 6 heteroatoms. The standard InChI is InChI=1S/C10H11NO5/c1-7(12)15-10(16-8(2)13)9-4-3-5-11(14)6-9/h3-6,10H,1-2H3. The highest BCUT2D eigenvalue weighted by atomic mass is 16.7. The lowest BCUT2D eigenvalue weighted by Crippen LogP contribution is -2.26. The van der Waals surface area contributed by atoms with Gasteiger partial charge in [0.25, 0.3) is 6.29 Å². The Kier molecular flexibility index (Phi) is 3.82. The summed E-state index contributed by atoms with van der Waals surface area (Å²) in [4.78, 5) is 21.6. The predicted molar refractivity (Wildman–Crippen MR) is 51.7 cm³/mol. The molecule has 6 nitrogen and oxygen atoms in total. The molecule has 0 bridgehead atoms. The van der Waals surface area contributed by atoms with Gasteiger partial charge in [0, 0.05) is 19.9 Å². The maximum absolute atomic E-state index is 11.0. The quantitative estimate of drug-likeness (QED) is 0.323. The van der Waals surface area contributed by atoms with Gasteiger partial charge in [-0.3, -0.25) is 9.59 Å². The third-order valence-electron chi connectivity index (χ3n) is 1.62. The number of hydrogen-bond acceptors (Lipinski definition) is 5. The number of rotatable bonds is 3. The van der Waals surface area contributed by atoms with Crippen LogP contribution in [0.1, 0.15) is 25.7 Å². The highest BCUT2D eigenvalue weighted by molar-refractivity contribution is 5.68. The van der Waals surface area contributed by atoms with Crippen molar-refractivity contribution >= 4 is 11.9 Å². The Morgan fingerprint density at radius 1 is 1.31 bits per heavy atom. The van der Waals surface area contributed by atoms with Crippen molar-refractivity contribution in [2.75, 3.05) is 0 Å². The average molecular weight is 225 g/mol. The molecule has 0 saturated heterocycles. The van der Waals surface area contributed by atoms with E-state index in [1.807, 2.05) is 0 Å². The van der Waals surface area contributed by atoms with E-state index in [2.05, 4.69) is 0 Å². The molecule has 1 aromatic heterocycles. The van der Waals surface area contributed by atoms with Gasteiger partial charge >= 0.3 is 11.9 Å². The first-order valence-electron chi connectivity index (χ1n) is 4.52. The van der Waals surface area contributed by atoms with Gasteiger partial charge in [-0.15, -0.1) is 0 Å². The molecule has 0 aliphatic rings. The van der Waals surface area contributed by atoms with E-state index in [1.165, 1.54) is 32.2 Å². The molecule has 1 rings (SSSR count). The summed E-state index contributed by atoms with van der Waals surface area (Å²) in [6.07, 6.45) is 1.25. The molecule has 0 N–H and O–H groups in total. The van der Waals surface area contributed by atoms with Crippen LogP contribution in [0.25, 0.3) is 0 Å². The first kappa shape index (κ1) is 12.0. The Morgan fingerprint density at radius 3 is 2.31 bits per heavy atom. The Balaban J connectivity index is 2.90. The molecule has 1 heterocycles. The number of aromatic nitrogens is 1. The van der Waals surface area contributed by atoms with Crippen LogP contribution >= 0.6 is 0 Å². The molecule has 0 aliphatic heterocycles. The number of esters is 2. The number of pyridine rings is 1. The molecular weight excluding hydrogens is 214 g/mol. The minimum atomic E-state index is -1.18. The minimum Gasteiger partial charge on any atom is -0.619 e.